The first-order valence-electron chi connectivity index (χ1n) is 7.56. The van der Waals surface area contributed by atoms with Crippen molar-refractivity contribution < 1.29 is 8.42 Å². The molecule has 5 heteroatoms. The summed E-state index contributed by atoms with van der Waals surface area (Å²) >= 11 is 1.72. The lowest BCUT2D eigenvalue weighted by Crippen LogP contribution is -2.18. The molecule has 0 aliphatic rings. The Morgan fingerprint density at radius 2 is 1.86 bits per heavy atom. The van der Waals surface area contributed by atoms with E-state index in [1.54, 1.807) is 18.7 Å². The molecule has 3 nitrogen and oxygen atoms in total. The number of thioether (sulfide) groups is 1. The maximum absolute atomic E-state index is 11.4. The molecule has 0 aliphatic heterocycles. The summed E-state index contributed by atoms with van der Waals surface area (Å²) in [4.78, 5) is 1.21. The van der Waals surface area contributed by atoms with Crippen LogP contribution in [0.2, 0.25) is 0 Å². The first kappa shape index (κ1) is 18.5. The minimum atomic E-state index is -2.82. The third-order valence-electron chi connectivity index (χ3n) is 3.11. The van der Waals surface area contributed by atoms with E-state index < -0.39 is 9.84 Å². The fourth-order valence-corrected chi connectivity index (χ4v) is 3.73. The van der Waals surface area contributed by atoms with Crippen LogP contribution < -0.4 is 5.32 Å². The van der Waals surface area contributed by atoms with Crippen LogP contribution in [0.25, 0.3) is 0 Å². The normalized spacial score (nSPS) is 12.0. The van der Waals surface area contributed by atoms with Gasteiger partial charge in [-0.05, 0) is 42.3 Å². The van der Waals surface area contributed by atoms with Crippen molar-refractivity contribution in [3.8, 4) is 0 Å². The molecule has 0 bridgehead atoms. The lowest BCUT2D eigenvalue weighted by molar-refractivity contribution is 0.552. The maximum atomic E-state index is 11.4. The molecule has 0 atom stereocenters. The SMILES string of the molecule is CCS(=O)(=O)CCCSc1ccc(CNCC(C)C)cc1. The summed E-state index contributed by atoms with van der Waals surface area (Å²) < 4.78 is 22.8. The van der Waals surface area contributed by atoms with Crippen molar-refractivity contribution in [3.05, 3.63) is 29.8 Å². The second kappa shape index (κ2) is 9.49. The van der Waals surface area contributed by atoms with E-state index in [0.29, 0.717) is 11.7 Å². The molecular weight excluding hydrogens is 302 g/mol. The Kier molecular flexibility index (Phi) is 8.37. The Labute approximate surface area is 133 Å². The zero-order valence-electron chi connectivity index (χ0n) is 13.3. The molecule has 0 aliphatic carbocycles. The Balaban J connectivity index is 2.28. The van der Waals surface area contributed by atoms with Crippen LogP contribution in [0, 0.1) is 5.92 Å². The average molecular weight is 330 g/mol. The highest BCUT2D eigenvalue weighted by Crippen LogP contribution is 2.19. The van der Waals surface area contributed by atoms with Gasteiger partial charge < -0.3 is 5.32 Å². The predicted molar refractivity (Wildman–Crippen MR) is 92.7 cm³/mol. The molecular formula is C16H27NO2S2. The van der Waals surface area contributed by atoms with E-state index in [9.17, 15) is 8.42 Å². The van der Waals surface area contributed by atoms with Gasteiger partial charge in [0.15, 0.2) is 0 Å². The van der Waals surface area contributed by atoms with Crippen LogP contribution in [-0.2, 0) is 16.4 Å². The van der Waals surface area contributed by atoms with Crippen LogP contribution in [0.3, 0.4) is 0 Å². The number of hydrogen-bond acceptors (Lipinski definition) is 4. The number of nitrogens with one attached hydrogen (secondary N) is 1. The fourth-order valence-electron chi connectivity index (χ4n) is 1.82. The summed E-state index contributed by atoms with van der Waals surface area (Å²) in [6.45, 7) is 8.03. The summed E-state index contributed by atoms with van der Waals surface area (Å²) in [5.74, 6) is 2.06. The van der Waals surface area contributed by atoms with Crippen LogP contribution in [0.5, 0.6) is 0 Å². The topological polar surface area (TPSA) is 46.2 Å². The molecule has 1 N–H and O–H groups in total. The van der Waals surface area contributed by atoms with Gasteiger partial charge in [-0.25, -0.2) is 8.42 Å². The summed E-state index contributed by atoms with van der Waals surface area (Å²) in [6, 6.07) is 8.51. The molecule has 0 fully saturated rings. The molecule has 0 saturated heterocycles. The number of hydrogen-bond donors (Lipinski definition) is 1. The van der Waals surface area contributed by atoms with E-state index in [-0.39, 0.29) is 5.75 Å². The lowest BCUT2D eigenvalue weighted by atomic mass is 10.2. The van der Waals surface area contributed by atoms with Gasteiger partial charge >= 0.3 is 0 Å². The molecule has 1 aromatic carbocycles. The van der Waals surface area contributed by atoms with Crippen molar-refractivity contribution in [1.82, 2.24) is 5.32 Å². The monoisotopic (exact) mass is 329 g/mol. The maximum Gasteiger partial charge on any atom is 0.150 e. The summed E-state index contributed by atoms with van der Waals surface area (Å²) in [6.07, 6.45) is 0.721. The quantitative estimate of drug-likeness (QED) is 0.528. The molecule has 0 unspecified atom stereocenters. The largest absolute Gasteiger partial charge is 0.312 e. The first-order chi connectivity index (χ1) is 9.93. The van der Waals surface area contributed by atoms with Crippen LogP contribution in [0.4, 0.5) is 0 Å². The third kappa shape index (κ3) is 8.49. The van der Waals surface area contributed by atoms with E-state index in [2.05, 4.69) is 43.4 Å². The Hall–Kier alpha value is -0.520. The van der Waals surface area contributed by atoms with Crippen molar-refractivity contribution in [2.24, 2.45) is 5.92 Å². The molecule has 21 heavy (non-hydrogen) atoms. The number of sulfone groups is 1. The predicted octanol–water partition coefficient (Wildman–Crippen LogP) is 3.35. The van der Waals surface area contributed by atoms with Crippen molar-refractivity contribution in [1.29, 1.82) is 0 Å². The molecule has 120 valence electrons. The zero-order valence-corrected chi connectivity index (χ0v) is 14.9. The van der Waals surface area contributed by atoms with Crippen molar-refractivity contribution in [3.63, 3.8) is 0 Å². The van der Waals surface area contributed by atoms with Gasteiger partial charge in [0.05, 0.1) is 5.75 Å². The van der Waals surface area contributed by atoms with Gasteiger partial charge in [0.25, 0.3) is 0 Å². The second-order valence-corrected chi connectivity index (χ2v) is 9.25. The van der Waals surface area contributed by atoms with E-state index >= 15 is 0 Å². The van der Waals surface area contributed by atoms with E-state index in [1.165, 1.54) is 10.5 Å². The van der Waals surface area contributed by atoms with Gasteiger partial charge in [-0.3, -0.25) is 0 Å². The van der Waals surface area contributed by atoms with Gasteiger partial charge in [0, 0.05) is 17.2 Å². The number of benzene rings is 1. The molecule has 0 amide bonds. The highest BCUT2D eigenvalue weighted by molar-refractivity contribution is 7.99. The highest BCUT2D eigenvalue weighted by atomic mass is 32.2. The van der Waals surface area contributed by atoms with E-state index in [4.69, 9.17) is 0 Å². The zero-order chi connectivity index (χ0) is 15.7. The fraction of sp³-hybridized carbons (Fsp3) is 0.625. The van der Waals surface area contributed by atoms with Gasteiger partial charge in [0.2, 0.25) is 0 Å². The number of rotatable bonds is 10. The average Bonchev–Trinajstić information content (AvgIpc) is 2.45. The molecule has 0 saturated carbocycles. The molecule has 0 aromatic heterocycles. The third-order valence-corrected chi connectivity index (χ3v) is 6.00. The summed E-state index contributed by atoms with van der Waals surface area (Å²) in [7, 11) is -2.82. The molecule has 0 heterocycles. The molecule has 1 rings (SSSR count). The van der Waals surface area contributed by atoms with Crippen molar-refractivity contribution in [2.45, 2.75) is 38.6 Å². The van der Waals surface area contributed by atoms with Crippen LogP contribution in [0.15, 0.2) is 29.2 Å². The first-order valence-corrected chi connectivity index (χ1v) is 10.4. The van der Waals surface area contributed by atoms with Gasteiger partial charge in [-0.2, -0.15) is 0 Å². The van der Waals surface area contributed by atoms with Crippen molar-refractivity contribution in [2.75, 3.05) is 23.8 Å². The van der Waals surface area contributed by atoms with Gasteiger partial charge in [-0.1, -0.05) is 32.9 Å². The Morgan fingerprint density at radius 3 is 2.43 bits per heavy atom. The van der Waals surface area contributed by atoms with E-state index in [1.807, 2.05) is 0 Å². The van der Waals surface area contributed by atoms with Crippen LogP contribution >= 0.6 is 11.8 Å². The molecule has 1 aromatic rings. The van der Waals surface area contributed by atoms with Crippen LogP contribution in [-0.4, -0.2) is 32.2 Å². The molecule has 0 radical (unpaired) electrons. The smallest absolute Gasteiger partial charge is 0.150 e. The standard InChI is InChI=1S/C16H27NO2S2/c1-4-21(18,19)11-5-10-20-16-8-6-15(7-9-16)13-17-12-14(2)3/h6-9,14,17H,4-5,10-13H2,1-3H3. The molecule has 0 spiro atoms. The Bertz CT molecular complexity index is 496. The van der Waals surface area contributed by atoms with Crippen LogP contribution in [0.1, 0.15) is 32.8 Å². The lowest BCUT2D eigenvalue weighted by Gasteiger charge is -2.08. The Morgan fingerprint density at radius 1 is 1.19 bits per heavy atom. The summed E-state index contributed by atoms with van der Waals surface area (Å²) in [5.41, 5.74) is 1.29. The van der Waals surface area contributed by atoms with E-state index in [0.717, 1.165) is 25.3 Å². The van der Waals surface area contributed by atoms with Gasteiger partial charge in [-0.15, -0.1) is 11.8 Å². The highest BCUT2D eigenvalue weighted by Gasteiger charge is 2.06. The van der Waals surface area contributed by atoms with Gasteiger partial charge in [0.1, 0.15) is 9.84 Å². The second-order valence-electron chi connectivity index (χ2n) is 5.61. The van der Waals surface area contributed by atoms with Crippen molar-refractivity contribution >= 4 is 21.6 Å². The minimum Gasteiger partial charge on any atom is -0.312 e. The minimum absolute atomic E-state index is 0.246. The summed E-state index contributed by atoms with van der Waals surface area (Å²) in [5, 5.41) is 3.42.